The molecule has 3 amide bonds. The third-order valence-corrected chi connectivity index (χ3v) is 3.08. The summed E-state index contributed by atoms with van der Waals surface area (Å²) in [5.74, 6) is -1.35. The summed E-state index contributed by atoms with van der Waals surface area (Å²) < 4.78 is 0. The molecule has 2 N–H and O–H groups in total. The van der Waals surface area contributed by atoms with Gasteiger partial charge in [0.2, 0.25) is 17.7 Å². The van der Waals surface area contributed by atoms with Crippen LogP contribution in [0.1, 0.15) is 17.0 Å². The molecular weight excluding hydrogens is 264 g/mol. The SMILES string of the molecule is Cc1nc(=O)[nH]c(C)c1CC(=O)N1CC(=O)NC(=O)C1. The van der Waals surface area contributed by atoms with E-state index >= 15 is 0 Å². The molecule has 1 fully saturated rings. The van der Waals surface area contributed by atoms with Crippen molar-refractivity contribution in [2.24, 2.45) is 0 Å². The summed E-state index contributed by atoms with van der Waals surface area (Å²) in [7, 11) is 0. The molecule has 8 nitrogen and oxygen atoms in total. The Morgan fingerprint density at radius 1 is 1.20 bits per heavy atom. The maximum Gasteiger partial charge on any atom is 0.345 e. The predicted octanol–water partition coefficient (Wildman–Crippen LogP) is -1.59. The highest BCUT2D eigenvalue weighted by Crippen LogP contribution is 2.10. The summed E-state index contributed by atoms with van der Waals surface area (Å²) in [5.41, 5.74) is 1.16. The predicted molar refractivity (Wildman–Crippen MR) is 67.8 cm³/mol. The Kier molecular flexibility index (Phi) is 3.64. The maximum absolute atomic E-state index is 12.1. The van der Waals surface area contributed by atoms with Crippen molar-refractivity contribution >= 4 is 17.7 Å². The lowest BCUT2D eigenvalue weighted by molar-refractivity contribution is -0.145. The zero-order chi connectivity index (χ0) is 14.9. The van der Waals surface area contributed by atoms with E-state index in [0.717, 1.165) is 0 Å². The van der Waals surface area contributed by atoms with E-state index < -0.39 is 17.5 Å². The summed E-state index contributed by atoms with van der Waals surface area (Å²) in [4.78, 5) is 53.2. The van der Waals surface area contributed by atoms with E-state index in [4.69, 9.17) is 0 Å². The second-order valence-corrected chi connectivity index (χ2v) is 4.63. The third kappa shape index (κ3) is 2.90. The Hall–Kier alpha value is -2.51. The smallest absolute Gasteiger partial charge is 0.324 e. The number of aromatic nitrogens is 2. The first-order valence-corrected chi connectivity index (χ1v) is 6.03. The van der Waals surface area contributed by atoms with Crippen LogP contribution in [0, 0.1) is 13.8 Å². The van der Waals surface area contributed by atoms with E-state index in [0.29, 0.717) is 17.0 Å². The Balaban J connectivity index is 2.18. The largest absolute Gasteiger partial charge is 0.345 e. The maximum atomic E-state index is 12.1. The average Bonchev–Trinajstić information content (AvgIpc) is 2.32. The molecule has 1 aromatic heterocycles. The van der Waals surface area contributed by atoms with Crippen LogP contribution in [0.2, 0.25) is 0 Å². The third-order valence-electron chi connectivity index (χ3n) is 3.08. The van der Waals surface area contributed by atoms with Crippen molar-refractivity contribution in [3.63, 3.8) is 0 Å². The molecule has 0 bridgehead atoms. The number of carbonyl (C=O) groups excluding carboxylic acids is 3. The molecular formula is C12H14N4O4. The van der Waals surface area contributed by atoms with Gasteiger partial charge < -0.3 is 9.88 Å². The molecule has 0 saturated carbocycles. The van der Waals surface area contributed by atoms with Crippen molar-refractivity contribution in [1.82, 2.24) is 20.2 Å². The van der Waals surface area contributed by atoms with E-state index in [1.165, 1.54) is 4.90 Å². The topological polar surface area (TPSA) is 112 Å². The molecule has 1 aliphatic rings. The van der Waals surface area contributed by atoms with Crippen LogP contribution in [0.25, 0.3) is 0 Å². The van der Waals surface area contributed by atoms with Crippen molar-refractivity contribution in [2.75, 3.05) is 13.1 Å². The fourth-order valence-electron chi connectivity index (χ4n) is 2.09. The lowest BCUT2D eigenvalue weighted by Crippen LogP contribution is -2.53. The van der Waals surface area contributed by atoms with Gasteiger partial charge in [0, 0.05) is 17.0 Å². The standard InChI is InChI=1S/C12H14N4O4/c1-6-8(7(2)14-12(20)13-6)3-11(19)16-4-9(17)15-10(18)5-16/h3-5H2,1-2H3,(H,13,14,20)(H,15,17,18). The number of piperazine rings is 1. The van der Waals surface area contributed by atoms with Crippen LogP contribution in [-0.2, 0) is 20.8 Å². The van der Waals surface area contributed by atoms with Gasteiger partial charge in [-0.2, -0.15) is 4.98 Å². The van der Waals surface area contributed by atoms with Gasteiger partial charge in [0.05, 0.1) is 6.42 Å². The number of nitrogens with one attached hydrogen (secondary N) is 2. The van der Waals surface area contributed by atoms with E-state index in [9.17, 15) is 19.2 Å². The van der Waals surface area contributed by atoms with Crippen LogP contribution in [0.4, 0.5) is 0 Å². The molecule has 0 aliphatic carbocycles. The van der Waals surface area contributed by atoms with Gasteiger partial charge in [-0.1, -0.05) is 0 Å². The van der Waals surface area contributed by atoms with Crippen molar-refractivity contribution < 1.29 is 14.4 Å². The molecule has 1 saturated heterocycles. The second kappa shape index (κ2) is 5.24. The highest BCUT2D eigenvalue weighted by Gasteiger charge is 2.27. The first-order chi connectivity index (χ1) is 9.36. The fourth-order valence-corrected chi connectivity index (χ4v) is 2.09. The van der Waals surface area contributed by atoms with Gasteiger partial charge in [-0.3, -0.25) is 19.7 Å². The Labute approximate surface area is 114 Å². The molecule has 106 valence electrons. The van der Waals surface area contributed by atoms with E-state index in [2.05, 4.69) is 15.3 Å². The quantitative estimate of drug-likeness (QED) is 0.634. The molecule has 0 aromatic carbocycles. The molecule has 20 heavy (non-hydrogen) atoms. The van der Waals surface area contributed by atoms with Gasteiger partial charge in [-0.05, 0) is 13.8 Å². The second-order valence-electron chi connectivity index (χ2n) is 4.63. The molecule has 0 radical (unpaired) electrons. The minimum Gasteiger partial charge on any atom is -0.324 e. The minimum atomic E-state index is -0.498. The summed E-state index contributed by atoms with van der Waals surface area (Å²) in [6.07, 6.45) is -0.0119. The summed E-state index contributed by atoms with van der Waals surface area (Å²) in [5, 5.41) is 2.13. The molecule has 0 atom stereocenters. The van der Waals surface area contributed by atoms with Crippen molar-refractivity contribution in [3.8, 4) is 0 Å². The summed E-state index contributed by atoms with van der Waals surface area (Å²) in [6.45, 7) is 3.03. The van der Waals surface area contributed by atoms with E-state index in [1.807, 2.05) is 0 Å². The van der Waals surface area contributed by atoms with Crippen molar-refractivity contribution in [3.05, 3.63) is 27.4 Å². The Bertz CT molecular complexity index is 607. The van der Waals surface area contributed by atoms with Crippen LogP contribution in [0.15, 0.2) is 4.79 Å². The Morgan fingerprint density at radius 2 is 1.80 bits per heavy atom. The number of aromatic amines is 1. The normalized spacial score (nSPS) is 15.2. The zero-order valence-corrected chi connectivity index (χ0v) is 11.1. The van der Waals surface area contributed by atoms with Gasteiger partial charge in [-0.15, -0.1) is 0 Å². The number of imide groups is 1. The molecule has 2 rings (SSSR count). The van der Waals surface area contributed by atoms with Gasteiger partial charge in [0.25, 0.3) is 0 Å². The van der Waals surface area contributed by atoms with Gasteiger partial charge >= 0.3 is 5.69 Å². The number of amides is 3. The van der Waals surface area contributed by atoms with Crippen molar-refractivity contribution in [2.45, 2.75) is 20.3 Å². The number of rotatable bonds is 2. The summed E-state index contributed by atoms with van der Waals surface area (Å²) in [6, 6.07) is 0. The van der Waals surface area contributed by atoms with Gasteiger partial charge in [0.1, 0.15) is 13.1 Å². The first kappa shape index (κ1) is 13.9. The Morgan fingerprint density at radius 3 is 2.35 bits per heavy atom. The number of hydrogen-bond donors (Lipinski definition) is 2. The van der Waals surface area contributed by atoms with Crippen LogP contribution in [-0.4, -0.2) is 45.7 Å². The van der Waals surface area contributed by atoms with Crippen molar-refractivity contribution in [1.29, 1.82) is 0 Å². The average molecular weight is 278 g/mol. The van der Waals surface area contributed by atoms with Gasteiger partial charge in [0.15, 0.2) is 0 Å². The lowest BCUT2D eigenvalue weighted by Gasteiger charge is -2.25. The number of hydrogen-bond acceptors (Lipinski definition) is 5. The lowest BCUT2D eigenvalue weighted by atomic mass is 10.1. The van der Waals surface area contributed by atoms with E-state index in [-0.39, 0.29) is 25.4 Å². The monoisotopic (exact) mass is 278 g/mol. The zero-order valence-electron chi connectivity index (χ0n) is 11.1. The number of H-pyrrole nitrogens is 1. The molecule has 1 aliphatic heterocycles. The van der Waals surface area contributed by atoms with Gasteiger partial charge in [-0.25, -0.2) is 4.79 Å². The molecule has 2 heterocycles. The van der Waals surface area contributed by atoms with Crippen LogP contribution >= 0.6 is 0 Å². The van der Waals surface area contributed by atoms with Crippen LogP contribution in [0.3, 0.4) is 0 Å². The summed E-state index contributed by atoms with van der Waals surface area (Å²) >= 11 is 0. The van der Waals surface area contributed by atoms with Crippen LogP contribution < -0.4 is 11.0 Å². The molecule has 0 spiro atoms. The fraction of sp³-hybridized carbons (Fsp3) is 0.417. The highest BCUT2D eigenvalue weighted by molar-refractivity contribution is 6.02. The van der Waals surface area contributed by atoms with E-state index in [1.54, 1.807) is 13.8 Å². The minimum absolute atomic E-state index is 0.0119. The molecule has 1 aromatic rings. The first-order valence-electron chi connectivity index (χ1n) is 6.03. The molecule has 0 unspecified atom stereocenters. The van der Waals surface area contributed by atoms with Crippen LogP contribution in [0.5, 0.6) is 0 Å². The highest BCUT2D eigenvalue weighted by atomic mass is 16.2. The number of aryl methyl sites for hydroxylation is 2. The number of carbonyl (C=O) groups is 3. The number of nitrogens with zero attached hydrogens (tertiary/aromatic N) is 2. The molecule has 8 heteroatoms.